The van der Waals surface area contributed by atoms with Crippen LogP contribution in [0.15, 0.2) is 12.3 Å². The SMILES string of the molecule is Nc1cc(F)c(C(F)(F)F)c(-c2ncc3c(N4C[C@H]5CCC(C(F)F)(C4)N5)nc(OCC45CCCN4CC(F)C5)nc3c2F)n1. The molecule has 17 heteroatoms. The van der Waals surface area contributed by atoms with Gasteiger partial charge < -0.3 is 20.7 Å². The van der Waals surface area contributed by atoms with Crippen molar-refractivity contribution < 1.29 is 39.9 Å². The van der Waals surface area contributed by atoms with Crippen molar-refractivity contribution in [3.05, 3.63) is 29.5 Å². The van der Waals surface area contributed by atoms with Gasteiger partial charge in [-0.1, -0.05) is 0 Å². The largest absolute Gasteiger partial charge is 0.461 e. The third-order valence-electron chi connectivity index (χ3n) is 9.43. The predicted octanol–water partition coefficient (Wildman–Crippen LogP) is 4.50. The zero-order valence-corrected chi connectivity index (χ0v) is 23.7. The Morgan fingerprint density at radius 2 is 1.91 bits per heavy atom. The summed E-state index contributed by atoms with van der Waals surface area (Å²) in [4.78, 5) is 19.6. The topological polar surface area (TPSA) is 105 Å². The zero-order valence-electron chi connectivity index (χ0n) is 23.7. The number of nitrogens with zero attached hydrogens (tertiary/aromatic N) is 6. The van der Waals surface area contributed by atoms with Crippen LogP contribution in [0, 0.1) is 11.6 Å². The van der Waals surface area contributed by atoms with Gasteiger partial charge in [-0.2, -0.15) is 23.1 Å². The molecule has 0 aliphatic carbocycles. The maximum atomic E-state index is 16.3. The van der Waals surface area contributed by atoms with Crippen LogP contribution in [-0.2, 0) is 6.18 Å². The Hall–Kier alpha value is -3.60. The molecule has 0 saturated carbocycles. The molecule has 3 N–H and O–H groups in total. The number of pyridine rings is 2. The van der Waals surface area contributed by atoms with Gasteiger partial charge in [0.25, 0.3) is 6.43 Å². The van der Waals surface area contributed by atoms with Crippen molar-refractivity contribution in [3.63, 3.8) is 0 Å². The van der Waals surface area contributed by atoms with Gasteiger partial charge in [-0.05, 0) is 32.2 Å². The Kier molecular flexibility index (Phi) is 7.00. The first-order chi connectivity index (χ1) is 21.3. The summed E-state index contributed by atoms with van der Waals surface area (Å²) in [6.07, 6.45) is -5.78. The van der Waals surface area contributed by atoms with E-state index >= 15 is 4.39 Å². The second-order valence-corrected chi connectivity index (χ2v) is 12.3. The lowest BCUT2D eigenvalue weighted by atomic mass is 9.95. The molecule has 7 heterocycles. The summed E-state index contributed by atoms with van der Waals surface area (Å²) in [5, 5.41) is 2.88. The summed E-state index contributed by atoms with van der Waals surface area (Å²) in [5.74, 6) is -3.81. The first-order valence-corrected chi connectivity index (χ1v) is 14.5. The second kappa shape index (κ2) is 10.5. The number of hydrogen-bond acceptors (Lipinski definition) is 9. The standard InChI is InChI=1S/C28H28F8N8O/c29-13-7-26(3-1-5-44(26)9-13)12-45-25-40-20-15(23(41-25)43-10-14-2-4-27(11-43,42-14)24(32)33)8-38-22(19(20)31)21-18(28(34,35)36)16(30)6-17(37)39-21/h6,8,13-14,24,42H,1-5,7,9-12H2,(H2,37,39)/t13?,14-,26?,27?/m1/s1. The number of nitrogens with two attached hydrogens (primary N) is 1. The molecule has 3 unspecified atom stereocenters. The Labute approximate surface area is 251 Å². The molecule has 45 heavy (non-hydrogen) atoms. The van der Waals surface area contributed by atoms with Gasteiger partial charge >= 0.3 is 12.2 Å². The highest BCUT2D eigenvalue weighted by Gasteiger charge is 2.52. The summed E-state index contributed by atoms with van der Waals surface area (Å²) in [6, 6.07) is -0.345. The molecule has 0 aromatic carbocycles. The molecule has 4 aliphatic heterocycles. The fourth-order valence-electron chi connectivity index (χ4n) is 7.43. The molecular weight excluding hydrogens is 616 g/mol. The summed E-state index contributed by atoms with van der Waals surface area (Å²) in [7, 11) is 0. The van der Waals surface area contributed by atoms with Crippen LogP contribution < -0.4 is 20.7 Å². The molecule has 3 aromatic heterocycles. The molecule has 4 fully saturated rings. The Balaban J connectivity index is 1.36. The fraction of sp³-hybridized carbons (Fsp3) is 0.571. The van der Waals surface area contributed by atoms with Gasteiger partial charge in [0.05, 0.1) is 16.5 Å². The van der Waals surface area contributed by atoms with E-state index in [-0.39, 0.29) is 62.3 Å². The van der Waals surface area contributed by atoms with Gasteiger partial charge in [-0.25, -0.2) is 26.9 Å². The van der Waals surface area contributed by atoms with Crippen molar-refractivity contribution in [2.75, 3.05) is 43.4 Å². The van der Waals surface area contributed by atoms with Crippen LogP contribution in [0.25, 0.3) is 22.3 Å². The molecule has 4 saturated heterocycles. The second-order valence-electron chi connectivity index (χ2n) is 12.3. The highest BCUT2D eigenvalue weighted by atomic mass is 19.4. The van der Waals surface area contributed by atoms with E-state index < -0.39 is 69.8 Å². The lowest BCUT2D eigenvalue weighted by Gasteiger charge is -2.41. The smallest absolute Gasteiger partial charge is 0.421 e. The maximum absolute atomic E-state index is 16.3. The van der Waals surface area contributed by atoms with Crippen molar-refractivity contribution in [2.45, 2.75) is 68.0 Å². The van der Waals surface area contributed by atoms with Crippen LogP contribution >= 0.6 is 0 Å². The minimum Gasteiger partial charge on any atom is -0.461 e. The van der Waals surface area contributed by atoms with Gasteiger partial charge in [-0.15, -0.1) is 0 Å². The van der Waals surface area contributed by atoms with E-state index in [2.05, 4.69) is 25.3 Å². The normalized spacial score (nSPS) is 28.4. The number of anilines is 2. The molecular formula is C28H28F8N8O. The fourth-order valence-corrected chi connectivity index (χ4v) is 7.43. The van der Waals surface area contributed by atoms with Gasteiger partial charge in [0.15, 0.2) is 5.82 Å². The van der Waals surface area contributed by atoms with Crippen LogP contribution in [0.5, 0.6) is 6.01 Å². The van der Waals surface area contributed by atoms with Crippen molar-refractivity contribution in [3.8, 4) is 17.4 Å². The Bertz CT molecular complexity index is 1660. The minimum absolute atomic E-state index is 0.00953. The van der Waals surface area contributed by atoms with Crippen LogP contribution in [0.2, 0.25) is 0 Å². The average molecular weight is 645 g/mol. The van der Waals surface area contributed by atoms with Gasteiger partial charge in [0.1, 0.15) is 52.7 Å². The van der Waals surface area contributed by atoms with Crippen molar-refractivity contribution in [1.29, 1.82) is 0 Å². The first-order valence-electron chi connectivity index (χ1n) is 14.5. The number of nitrogens with one attached hydrogen (secondary N) is 1. The molecule has 4 atom stereocenters. The summed E-state index contributed by atoms with van der Waals surface area (Å²) >= 11 is 0. The van der Waals surface area contributed by atoms with Crippen molar-refractivity contribution in [2.24, 2.45) is 0 Å². The van der Waals surface area contributed by atoms with Gasteiger partial charge in [0, 0.05) is 44.4 Å². The lowest BCUT2D eigenvalue weighted by molar-refractivity contribution is -0.139. The van der Waals surface area contributed by atoms with E-state index in [9.17, 15) is 30.7 Å². The number of piperazine rings is 1. The number of halogens is 8. The maximum Gasteiger partial charge on any atom is 0.421 e. The molecule has 0 radical (unpaired) electrons. The third kappa shape index (κ3) is 4.98. The molecule has 9 nitrogen and oxygen atoms in total. The molecule has 0 amide bonds. The van der Waals surface area contributed by atoms with Crippen LogP contribution in [0.1, 0.15) is 37.7 Å². The molecule has 0 spiro atoms. The van der Waals surface area contributed by atoms with E-state index in [1.54, 1.807) is 0 Å². The summed E-state index contributed by atoms with van der Waals surface area (Å²) in [6.45, 7) is 0.853. The number of fused-ring (bicyclic) bond motifs is 4. The Morgan fingerprint density at radius 1 is 1.11 bits per heavy atom. The number of nitrogen functional groups attached to an aromatic ring is 1. The summed E-state index contributed by atoms with van der Waals surface area (Å²) < 4.78 is 121. The van der Waals surface area contributed by atoms with Crippen LogP contribution in [0.4, 0.5) is 46.8 Å². The zero-order chi connectivity index (χ0) is 31.9. The monoisotopic (exact) mass is 644 g/mol. The quantitative estimate of drug-likeness (QED) is 0.376. The van der Waals surface area contributed by atoms with Crippen molar-refractivity contribution in [1.82, 2.24) is 30.2 Å². The van der Waals surface area contributed by atoms with Gasteiger partial charge in [0.2, 0.25) is 0 Å². The van der Waals surface area contributed by atoms with Gasteiger partial charge in [-0.3, -0.25) is 9.88 Å². The van der Waals surface area contributed by atoms with E-state index in [1.165, 1.54) is 4.90 Å². The van der Waals surface area contributed by atoms with Crippen LogP contribution in [-0.4, -0.2) is 87.3 Å². The van der Waals surface area contributed by atoms with E-state index in [0.717, 1.165) is 12.6 Å². The first kappa shape index (κ1) is 30.1. The number of aromatic nitrogens is 4. The summed E-state index contributed by atoms with van der Waals surface area (Å²) in [5.41, 5.74) is -1.24. The molecule has 3 aromatic rings. The third-order valence-corrected chi connectivity index (χ3v) is 9.43. The van der Waals surface area contributed by atoms with Crippen molar-refractivity contribution >= 4 is 22.5 Å². The number of alkyl halides is 6. The highest BCUT2D eigenvalue weighted by Crippen LogP contribution is 2.43. The van der Waals surface area contributed by atoms with E-state index in [1.807, 2.05) is 4.90 Å². The number of ether oxygens (including phenoxy) is 1. The predicted molar refractivity (Wildman–Crippen MR) is 146 cm³/mol. The van der Waals surface area contributed by atoms with E-state index in [0.29, 0.717) is 25.5 Å². The number of rotatable bonds is 6. The number of hydrogen-bond donors (Lipinski definition) is 2. The lowest BCUT2D eigenvalue weighted by Crippen LogP contribution is -2.63. The minimum atomic E-state index is -5.28. The van der Waals surface area contributed by atoms with E-state index in [4.69, 9.17) is 10.5 Å². The van der Waals surface area contributed by atoms with Crippen LogP contribution in [0.3, 0.4) is 0 Å². The molecule has 242 valence electrons. The highest BCUT2D eigenvalue weighted by molar-refractivity contribution is 5.92. The average Bonchev–Trinajstić information content (AvgIpc) is 3.60. The molecule has 7 rings (SSSR count). The molecule has 2 bridgehead atoms. The Morgan fingerprint density at radius 3 is 2.67 bits per heavy atom. The molecule has 4 aliphatic rings.